The van der Waals surface area contributed by atoms with Crippen molar-refractivity contribution in [2.75, 3.05) is 20.2 Å². The zero-order valence-electron chi connectivity index (χ0n) is 19.3. The topological polar surface area (TPSA) is 58.0 Å². The fraction of sp³-hybridized carbons (Fsp3) is 0.423. The zero-order valence-corrected chi connectivity index (χ0v) is 20.8. The number of fused-ring (bicyclic) bond motifs is 1. The number of aromatic nitrogens is 1. The van der Waals surface area contributed by atoms with Crippen LogP contribution in [0.25, 0.3) is 0 Å². The summed E-state index contributed by atoms with van der Waals surface area (Å²) in [5.41, 5.74) is 3.21. The molecule has 1 aromatic heterocycles. The zero-order chi connectivity index (χ0) is 22.8. The molecule has 2 unspecified atom stereocenters. The number of benzene rings is 1. The second kappa shape index (κ2) is 10.9. The second-order valence-corrected chi connectivity index (χ2v) is 9.44. The molecular weight excluding hydrogens is 471 g/mol. The Morgan fingerprint density at radius 3 is 2.44 bits per heavy atom. The van der Waals surface area contributed by atoms with Gasteiger partial charge in [0.05, 0.1) is 29.8 Å². The first-order valence-corrected chi connectivity index (χ1v) is 12.0. The number of pyridine rings is 1. The lowest BCUT2D eigenvalue weighted by atomic mass is 9.76. The predicted molar refractivity (Wildman–Crippen MR) is 137 cm³/mol. The number of piperidine rings is 1. The van der Waals surface area contributed by atoms with Crippen molar-refractivity contribution >= 4 is 35.6 Å². The molecule has 1 aliphatic carbocycles. The van der Waals surface area contributed by atoms with E-state index in [1.807, 2.05) is 30.6 Å². The SMILES string of the molecule is COc1ccc(C2=NN(C3CCN(Cc4ccncc4)CC3)C(=O)C3CC=CCC23)cc1Cl.Cl. The number of hydrazone groups is 1. The van der Waals surface area contributed by atoms with Crippen LogP contribution < -0.4 is 4.74 Å². The van der Waals surface area contributed by atoms with E-state index in [0.29, 0.717) is 10.8 Å². The van der Waals surface area contributed by atoms with Gasteiger partial charge in [-0.3, -0.25) is 14.7 Å². The number of halogens is 2. The molecule has 34 heavy (non-hydrogen) atoms. The molecule has 2 aromatic rings. The van der Waals surface area contributed by atoms with Gasteiger partial charge < -0.3 is 4.74 Å². The fourth-order valence-electron chi connectivity index (χ4n) is 5.23. The lowest BCUT2D eigenvalue weighted by Gasteiger charge is -2.42. The normalized spacial score (nSPS) is 23.2. The van der Waals surface area contributed by atoms with Crippen molar-refractivity contribution in [1.29, 1.82) is 0 Å². The third-order valence-electron chi connectivity index (χ3n) is 7.05. The number of methoxy groups -OCH3 is 1. The summed E-state index contributed by atoms with van der Waals surface area (Å²) in [5, 5.41) is 7.35. The van der Waals surface area contributed by atoms with Crippen LogP contribution in [0.15, 0.2) is 60.0 Å². The third-order valence-corrected chi connectivity index (χ3v) is 7.34. The van der Waals surface area contributed by atoms with E-state index in [0.717, 1.165) is 56.6 Å². The highest BCUT2D eigenvalue weighted by atomic mass is 35.5. The van der Waals surface area contributed by atoms with Crippen LogP contribution in [-0.4, -0.2) is 52.8 Å². The molecule has 1 amide bonds. The first-order chi connectivity index (χ1) is 16.1. The highest BCUT2D eigenvalue weighted by Gasteiger charge is 2.42. The molecule has 8 heteroatoms. The second-order valence-electron chi connectivity index (χ2n) is 9.04. The Bertz CT molecular complexity index is 1070. The van der Waals surface area contributed by atoms with Gasteiger partial charge in [-0.2, -0.15) is 5.10 Å². The summed E-state index contributed by atoms with van der Waals surface area (Å²) in [7, 11) is 1.61. The van der Waals surface area contributed by atoms with Crippen LogP contribution in [0.4, 0.5) is 0 Å². The Morgan fingerprint density at radius 2 is 1.76 bits per heavy atom. The Labute approximate surface area is 212 Å². The standard InChI is InChI=1S/C26H29ClN4O2.ClH/c1-33-24-7-6-19(16-23(24)27)25-21-4-2-3-5-22(21)26(32)31(29-25)20-10-14-30(15-11-20)17-18-8-12-28-13-9-18;/h2-3,6-9,12-13,16,20-22H,4-5,10-11,14-15,17H2,1H3;1H. The molecule has 0 saturated carbocycles. The van der Waals surface area contributed by atoms with Gasteiger partial charge in [0.15, 0.2) is 0 Å². The lowest BCUT2D eigenvalue weighted by Crippen LogP contribution is -2.52. The number of ether oxygens (including phenoxy) is 1. The minimum atomic E-state index is -0.0572. The van der Waals surface area contributed by atoms with Gasteiger partial charge in [-0.05, 0) is 67.1 Å². The molecule has 6 nitrogen and oxygen atoms in total. The van der Waals surface area contributed by atoms with Gasteiger partial charge >= 0.3 is 0 Å². The van der Waals surface area contributed by atoms with Gasteiger partial charge in [0.2, 0.25) is 5.91 Å². The number of hydrogen-bond acceptors (Lipinski definition) is 5. The third kappa shape index (κ3) is 4.99. The van der Waals surface area contributed by atoms with Crippen molar-refractivity contribution in [1.82, 2.24) is 14.9 Å². The molecule has 1 aromatic carbocycles. The van der Waals surface area contributed by atoms with Crippen LogP contribution in [0.1, 0.15) is 36.8 Å². The summed E-state index contributed by atoms with van der Waals surface area (Å²) < 4.78 is 5.32. The molecular formula is C26H30Cl2N4O2. The maximum absolute atomic E-state index is 13.5. The molecule has 0 spiro atoms. The average molecular weight is 501 g/mol. The first kappa shape index (κ1) is 24.7. The van der Waals surface area contributed by atoms with Crippen LogP contribution in [0.3, 0.4) is 0 Å². The van der Waals surface area contributed by atoms with Gasteiger partial charge in [0, 0.05) is 37.9 Å². The smallest absolute Gasteiger partial charge is 0.247 e. The van der Waals surface area contributed by atoms with E-state index in [4.69, 9.17) is 21.4 Å². The number of amides is 1. The van der Waals surface area contributed by atoms with Crippen molar-refractivity contribution < 1.29 is 9.53 Å². The Morgan fingerprint density at radius 1 is 1.06 bits per heavy atom. The molecule has 0 bridgehead atoms. The van der Waals surface area contributed by atoms with Crippen LogP contribution in [0.2, 0.25) is 5.02 Å². The largest absolute Gasteiger partial charge is 0.495 e. The van der Waals surface area contributed by atoms with E-state index < -0.39 is 0 Å². The summed E-state index contributed by atoms with van der Waals surface area (Å²) in [6.07, 6.45) is 11.4. The molecule has 2 aliphatic heterocycles. The van der Waals surface area contributed by atoms with Crippen molar-refractivity contribution in [3.8, 4) is 5.75 Å². The van der Waals surface area contributed by atoms with E-state index >= 15 is 0 Å². The van der Waals surface area contributed by atoms with Gasteiger partial charge in [-0.15, -0.1) is 12.4 Å². The van der Waals surface area contributed by atoms with Crippen molar-refractivity contribution in [2.45, 2.75) is 38.3 Å². The van der Waals surface area contributed by atoms with E-state index in [1.165, 1.54) is 5.56 Å². The molecule has 1 fully saturated rings. The summed E-state index contributed by atoms with van der Waals surface area (Å²) in [6, 6.07) is 10.1. The van der Waals surface area contributed by atoms with Crippen molar-refractivity contribution in [2.24, 2.45) is 16.9 Å². The van der Waals surface area contributed by atoms with E-state index in [2.05, 4.69) is 34.2 Å². The maximum atomic E-state index is 13.5. The Kier molecular flexibility index (Phi) is 7.91. The predicted octanol–water partition coefficient (Wildman–Crippen LogP) is 4.96. The molecule has 180 valence electrons. The van der Waals surface area contributed by atoms with E-state index in [-0.39, 0.29) is 36.2 Å². The molecule has 3 aliphatic rings. The number of rotatable bonds is 5. The number of allylic oxidation sites excluding steroid dienone is 2. The number of nitrogens with zero attached hydrogens (tertiary/aromatic N) is 4. The van der Waals surface area contributed by atoms with Gasteiger partial charge in [0.1, 0.15) is 5.75 Å². The van der Waals surface area contributed by atoms with Crippen molar-refractivity contribution in [3.63, 3.8) is 0 Å². The van der Waals surface area contributed by atoms with Crippen LogP contribution in [0, 0.1) is 11.8 Å². The molecule has 0 N–H and O–H groups in total. The average Bonchev–Trinajstić information content (AvgIpc) is 2.86. The lowest BCUT2D eigenvalue weighted by molar-refractivity contribution is -0.141. The van der Waals surface area contributed by atoms with Gasteiger partial charge in [0.25, 0.3) is 0 Å². The molecule has 0 radical (unpaired) electrons. The summed E-state index contributed by atoms with van der Waals surface area (Å²) in [5.74, 6) is 0.847. The van der Waals surface area contributed by atoms with Crippen molar-refractivity contribution in [3.05, 3.63) is 71.0 Å². The molecule has 3 heterocycles. The number of carbonyl (C=O) groups excluding carboxylic acids is 1. The highest BCUT2D eigenvalue weighted by Crippen LogP contribution is 2.37. The number of carbonyl (C=O) groups is 1. The first-order valence-electron chi connectivity index (χ1n) is 11.7. The quantitative estimate of drug-likeness (QED) is 0.544. The summed E-state index contributed by atoms with van der Waals surface area (Å²) in [4.78, 5) is 20.0. The molecule has 5 rings (SSSR count). The van der Waals surface area contributed by atoms with Crippen LogP contribution >= 0.6 is 24.0 Å². The van der Waals surface area contributed by atoms with Crippen LogP contribution in [0.5, 0.6) is 5.75 Å². The highest BCUT2D eigenvalue weighted by molar-refractivity contribution is 6.32. The van der Waals surface area contributed by atoms with Crippen LogP contribution in [-0.2, 0) is 11.3 Å². The minimum absolute atomic E-state index is 0. The Balaban J connectivity index is 0.00000274. The number of likely N-dealkylation sites (tertiary alicyclic amines) is 1. The maximum Gasteiger partial charge on any atom is 0.247 e. The number of hydrogen-bond donors (Lipinski definition) is 0. The monoisotopic (exact) mass is 500 g/mol. The summed E-state index contributed by atoms with van der Waals surface area (Å²) in [6.45, 7) is 2.81. The Hall–Kier alpha value is -2.41. The van der Waals surface area contributed by atoms with Gasteiger partial charge in [-0.25, -0.2) is 5.01 Å². The van der Waals surface area contributed by atoms with Gasteiger partial charge in [-0.1, -0.05) is 23.8 Å². The van der Waals surface area contributed by atoms with E-state index in [1.54, 1.807) is 12.1 Å². The minimum Gasteiger partial charge on any atom is -0.495 e. The van der Waals surface area contributed by atoms with E-state index in [9.17, 15) is 4.79 Å². The fourth-order valence-corrected chi connectivity index (χ4v) is 5.48. The molecule has 1 saturated heterocycles. The summed E-state index contributed by atoms with van der Waals surface area (Å²) >= 11 is 6.44. The molecule has 2 atom stereocenters.